The highest BCUT2D eigenvalue weighted by Gasteiger charge is 2.35. The number of ether oxygens (including phenoxy) is 1. The predicted molar refractivity (Wildman–Crippen MR) is 79.1 cm³/mol. The predicted octanol–water partition coefficient (Wildman–Crippen LogP) is 0.370. The van der Waals surface area contributed by atoms with Gasteiger partial charge in [0.15, 0.2) is 0 Å². The molecule has 3 heterocycles. The third-order valence-corrected chi connectivity index (χ3v) is 4.16. The van der Waals surface area contributed by atoms with Crippen LogP contribution < -0.4 is 5.73 Å². The molecule has 0 aromatic carbocycles. The molecule has 2 aliphatic rings. The van der Waals surface area contributed by atoms with E-state index in [-0.39, 0.29) is 36.6 Å². The lowest BCUT2D eigenvalue weighted by Crippen LogP contribution is -2.45. The van der Waals surface area contributed by atoms with Crippen molar-refractivity contribution in [2.75, 3.05) is 19.6 Å². The van der Waals surface area contributed by atoms with Crippen LogP contribution in [0, 0.1) is 0 Å². The van der Waals surface area contributed by atoms with E-state index in [4.69, 9.17) is 10.5 Å². The van der Waals surface area contributed by atoms with Crippen LogP contribution in [-0.4, -0.2) is 57.4 Å². The Morgan fingerprint density at radius 3 is 2.90 bits per heavy atom. The van der Waals surface area contributed by atoms with Crippen molar-refractivity contribution in [3.05, 3.63) is 12.7 Å². The second kappa shape index (κ2) is 7.20. The van der Waals surface area contributed by atoms with Gasteiger partial charge in [0.25, 0.3) is 5.91 Å². The zero-order valence-electron chi connectivity index (χ0n) is 11.9. The highest BCUT2D eigenvalue weighted by atomic mass is 35.5. The van der Waals surface area contributed by atoms with Gasteiger partial charge < -0.3 is 15.4 Å². The highest BCUT2D eigenvalue weighted by molar-refractivity contribution is 5.85. The van der Waals surface area contributed by atoms with E-state index >= 15 is 0 Å². The van der Waals surface area contributed by atoms with Crippen LogP contribution in [0.3, 0.4) is 0 Å². The second-order valence-electron chi connectivity index (χ2n) is 5.52. The number of nitrogens with zero attached hydrogens (tertiary/aromatic N) is 4. The van der Waals surface area contributed by atoms with Crippen molar-refractivity contribution in [3.63, 3.8) is 0 Å². The fraction of sp³-hybridized carbons (Fsp3) is 0.769. The number of rotatable bonds is 3. The Hall–Kier alpha value is -1.18. The molecule has 3 rings (SSSR count). The number of nitrogens with two attached hydrogens (primary N) is 1. The molecule has 1 unspecified atom stereocenters. The largest absolute Gasteiger partial charge is 0.364 e. The van der Waals surface area contributed by atoms with Gasteiger partial charge in [0.1, 0.15) is 18.8 Å². The molecular weight excluding hydrogens is 294 g/mol. The zero-order chi connectivity index (χ0) is 13.9. The molecule has 118 valence electrons. The first-order valence-corrected chi connectivity index (χ1v) is 7.26. The number of amides is 1. The van der Waals surface area contributed by atoms with E-state index in [9.17, 15) is 4.79 Å². The minimum absolute atomic E-state index is 0. The Labute approximate surface area is 130 Å². The van der Waals surface area contributed by atoms with Gasteiger partial charge >= 0.3 is 0 Å². The number of halogens is 1. The van der Waals surface area contributed by atoms with Crippen LogP contribution in [0.5, 0.6) is 0 Å². The van der Waals surface area contributed by atoms with Crippen LogP contribution in [0.25, 0.3) is 0 Å². The number of piperidine rings is 1. The zero-order valence-corrected chi connectivity index (χ0v) is 12.7. The van der Waals surface area contributed by atoms with Gasteiger partial charge in [-0.1, -0.05) is 0 Å². The molecule has 8 heteroatoms. The van der Waals surface area contributed by atoms with Crippen molar-refractivity contribution < 1.29 is 9.53 Å². The van der Waals surface area contributed by atoms with Gasteiger partial charge in [-0.25, -0.2) is 9.67 Å². The summed E-state index contributed by atoms with van der Waals surface area (Å²) in [7, 11) is 0. The Morgan fingerprint density at radius 2 is 2.24 bits per heavy atom. The maximum Gasteiger partial charge on any atom is 0.251 e. The number of aromatic nitrogens is 3. The Balaban J connectivity index is 0.00000161. The maximum absolute atomic E-state index is 12.5. The fourth-order valence-electron chi connectivity index (χ4n) is 3.04. The molecule has 1 aromatic rings. The van der Waals surface area contributed by atoms with Crippen LogP contribution in [0.2, 0.25) is 0 Å². The number of hydrogen-bond acceptors (Lipinski definition) is 5. The van der Waals surface area contributed by atoms with Crippen LogP contribution in [0.15, 0.2) is 12.7 Å². The van der Waals surface area contributed by atoms with E-state index in [1.165, 1.54) is 6.33 Å². The summed E-state index contributed by atoms with van der Waals surface area (Å²) < 4.78 is 7.55. The first-order chi connectivity index (χ1) is 9.78. The minimum atomic E-state index is -0.307. The summed E-state index contributed by atoms with van der Waals surface area (Å²) in [6.07, 6.45) is 6.67. The van der Waals surface area contributed by atoms with Crippen molar-refractivity contribution in [2.24, 2.45) is 5.73 Å². The van der Waals surface area contributed by atoms with Crippen molar-refractivity contribution in [3.8, 4) is 0 Å². The molecule has 2 N–H and O–H groups in total. The maximum atomic E-state index is 12.5. The summed E-state index contributed by atoms with van der Waals surface area (Å²) >= 11 is 0. The lowest BCUT2D eigenvalue weighted by atomic mass is 10.0. The van der Waals surface area contributed by atoms with Crippen LogP contribution in [0.1, 0.15) is 31.7 Å². The minimum Gasteiger partial charge on any atom is -0.364 e. The van der Waals surface area contributed by atoms with Crippen LogP contribution >= 0.6 is 12.4 Å². The summed E-state index contributed by atoms with van der Waals surface area (Å²) in [4.78, 5) is 18.4. The number of likely N-dealkylation sites (tertiary alicyclic amines) is 1. The van der Waals surface area contributed by atoms with Gasteiger partial charge in [-0.15, -0.1) is 12.4 Å². The van der Waals surface area contributed by atoms with Crippen LogP contribution in [0.4, 0.5) is 0 Å². The number of hydrogen-bond donors (Lipinski definition) is 1. The molecule has 3 atom stereocenters. The summed E-state index contributed by atoms with van der Waals surface area (Å²) in [5, 5.41) is 4.18. The molecule has 0 saturated carbocycles. The molecule has 2 saturated heterocycles. The van der Waals surface area contributed by atoms with E-state index in [2.05, 4.69) is 10.1 Å². The molecule has 0 spiro atoms. The Morgan fingerprint density at radius 1 is 1.38 bits per heavy atom. The van der Waals surface area contributed by atoms with E-state index in [1.807, 2.05) is 9.58 Å². The summed E-state index contributed by atoms with van der Waals surface area (Å²) in [5.74, 6) is 0.103. The van der Waals surface area contributed by atoms with Gasteiger partial charge in [-0.3, -0.25) is 4.79 Å². The fourth-order valence-corrected chi connectivity index (χ4v) is 3.04. The third-order valence-electron chi connectivity index (χ3n) is 4.16. The smallest absolute Gasteiger partial charge is 0.251 e. The van der Waals surface area contributed by atoms with E-state index in [1.54, 1.807) is 6.33 Å². The molecule has 0 radical (unpaired) electrons. The quantitative estimate of drug-likeness (QED) is 0.871. The summed E-state index contributed by atoms with van der Waals surface area (Å²) in [6.45, 7) is 1.98. The van der Waals surface area contributed by atoms with Gasteiger partial charge in [0.2, 0.25) is 0 Å². The standard InChI is InChI=1S/C13H21N5O2.ClH/c14-6-11-3-4-12(20-11)13(19)17-5-1-2-10(7-17)18-9-15-8-16-18;/h8-12H,1-7,14H2;1H/t10?,11-,12+;/m1./s1. The summed E-state index contributed by atoms with van der Waals surface area (Å²) in [6, 6.07) is 0.224. The number of carbonyl (C=O) groups is 1. The van der Waals surface area contributed by atoms with Crippen molar-refractivity contribution >= 4 is 18.3 Å². The Kier molecular flexibility index (Phi) is 5.55. The van der Waals surface area contributed by atoms with Crippen LogP contribution in [-0.2, 0) is 9.53 Å². The molecule has 0 bridgehead atoms. The van der Waals surface area contributed by atoms with Crippen molar-refractivity contribution in [1.29, 1.82) is 0 Å². The molecule has 2 fully saturated rings. The molecule has 21 heavy (non-hydrogen) atoms. The van der Waals surface area contributed by atoms with Gasteiger partial charge in [0, 0.05) is 19.6 Å². The summed E-state index contributed by atoms with van der Waals surface area (Å²) in [5.41, 5.74) is 5.59. The molecule has 1 aromatic heterocycles. The SMILES string of the molecule is Cl.NC[C@H]1CC[C@@H](C(=O)N2CCCC(n3cncn3)C2)O1. The number of carbonyl (C=O) groups excluding carboxylic acids is 1. The Bertz CT molecular complexity index is 455. The monoisotopic (exact) mass is 315 g/mol. The lowest BCUT2D eigenvalue weighted by molar-refractivity contribution is -0.144. The van der Waals surface area contributed by atoms with E-state index in [0.717, 1.165) is 32.2 Å². The van der Waals surface area contributed by atoms with Crippen molar-refractivity contribution in [1.82, 2.24) is 19.7 Å². The average Bonchev–Trinajstić information content (AvgIpc) is 3.17. The third kappa shape index (κ3) is 3.53. The van der Waals surface area contributed by atoms with Crippen molar-refractivity contribution in [2.45, 2.75) is 43.9 Å². The van der Waals surface area contributed by atoms with E-state index < -0.39 is 0 Å². The normalized spacial score (nSPS) is 29.2. The molecule has 0 aliphatic carbocycles. The first-order valence-electron chi connectivity index (χ1n) is 7.26. The van der Waals surface area contributed by atoms with Gasteiger partial charge in [0.05, 0.1) is 12.1 Å². The molecular formula is C13H22ClN5O2. The lowest BCUT2D eigenvalue weighted by Gasteiger charge is -2.34. The first kappa shape index (κ1) is 16.2. The van der Waals surface area contributed by atoms with E-state index in [0.29, 0.717) is 13.1 Å². The van der Waals surface area contributed by atoms with Gasteiger partial charge in [-0.05, 0) is 25.7 Å². The average molecular weight is 316 g/mol. The van der Waals surface area contributed by atoms with Gasteiger partial charge in [-0.2, -0.15) is 5.10 Å². The molecule has 2 aliphatic heterocycles. The molecule has 1 amide bonds. The highest BCUT2D eigenvalue weighted by Crippen LogP contribution is 2.25. The molecule has 7 nitrogen and oxygen atoms in total. The second-order valence-corrected chi connectivity index (χ2v) is 5.52. The topological polar surface area (TPSA) is 86.3 Å².